The molecule has 5 nitrogen and oxygen atoms in total. The molecule has 24 heavy (non-hydrogen) atoms. The Morgan fingerprint density at radius 2 is 1.58 bits per heavy atom. The van der Waals surface area contributed by atoms with Gasteiger partial charge in [-0.3, -0.25) is 0 Å². The summed E-state index contributed by atoms with van der Waals surface area (Å²) < 4.78 is 35.2. The summed E-state index contributed by atoms with van der Waals surface area (Å²) in [7, 11) is -3.30. The number of benzene rings is 2. The summed E-state index contributed by atoms with van der Waals surface area (Å²) in [6.07, 6.45) is 0. The molecule has 0 saturated heterocycles. The van der Waals surface area contributed by atoms with Gasteiger partial charge in [-0.15, -0.1) is 0 Å². The summed E-state index contributed by atoms with van der Waals surface area (Å²) in [5, 5.41) is 0. The molecule has 0 unspecified atom stereocenters. The Labute approximate surface area is 143 Å². The monoisotopic (exact) mass is 349 g/mol. The number of hydrogen-bond donors (Lipinski definition) is 1. The van der Waals surface area contributed by atoms with Gasteiger partial charge in [-0.25, -0.2) is 8.42 Å². The second-order valence-corrected chi connectivity index (χ2v) is 7.55. The first kappa shape index (κ1) is 18.4. The van der Waals surface area contributed by atoms with E-state index in [1.54, 1.807) is 24.3 Å². The van der Waals surface area contributed by atoms with E-state index >= 15 is 0 Å². The van der Waals surface area contributed by atoms with E-state index in [4.69, 9.17) is 15.2 Å². The van der Waals surface area contributed by atoms with Crippen LogP contribution in [0.3, 0.4) is 0 Å². The van der Waals surface area contributed by atoms with Gasteiger partial charge in [0.05, 0.1) is 23.9 Å². The average molecular weight is 349 g/mol. The minimum absolute atomic E-state index is 0.0404. The van der Waals surface area contributed by atoms with Crippen LogP contribution in [0.15, 0.2) is 53.4 Å². The van der Waals surface area contributed by atoms with Gasteiger partial charge in [0, 0.05) is 6.54 Å². The van der Waals surface area contributed by atoms with E-state index in [0.717, 1.165) is 16.9 Å². The molecule has 2 aromatic rings. The first-order valence-corrected chi connectivity index (χ1v) is 9.45. The van der Waals surface area contributed by atoms with Crippen molar-refractivity contribution in [2.24, 2.45) is 5.73 Å². The topological polar surface area (TPSA) is 78.6 Å². The van der Waals surface area contributed by atoms with Gasteiger partial charge >= 0.3 is 0 Å². The van der Waals surface area contributed by atoms with Gasteiger partial charge in [0.15, 0.2) is 9.84 Å². The molecule has 0 fully saturated rings. The average Bonchev–Trinajstić information content (AvgIpc) is 2.59. The Bertz CT molecular complexity index is 725. The first-order chi connectivity index (χ1) is 11.5. The molecule has 2 N–H and O–H groups in total. The second kappa shape index (κ2) is 8.82. The molecule has 0 atom stereocenters. The third-order valence-corrected chi connectivity index (χ3v) is 5.23. The van der Waals surface area contributed by atoms with Crippen molar-refractivity contribution in [1.82, 2.24) is 0 Å². The Kier molecular flexibility index (Phi) is 6.78. The van der Waals surface area contributed by atoms with Crippen molar-refractivity contribution in [2.45, 2.75) is 18.4 Å². The fraction of sp³-hybridized carbons (Fsp3) is 0.333. The molecule has 2 aromatic carbocycles. The summed E-state index contributed by atoms with van der Waals surface area (Å²) in [5.74, 6) is 0.699. The van der Waals surface area contributed by atoms with Gasteiger partial charge < -0.3 is 15.2 Å². The Morgan fingerprint density at radius 1 is 0.917 bits per heavy atom. The van der Waals surface area contributed by atoms with E-state index in [1.807, 2.05) is 31.2 Å². The maximum atomic E-state index is 12.1. The van der Waals surface area contributed by atoms with E-state index < -0.39 is 9.84 Å². The van der Waals surface area contributed by atoms with E-state index in [0.29, 0.717) is 24.7 Å². The number of sulfone groups is 1. The van der Waals surface area contributed by atoms with Crippen LogP contribution >= 0.6 is 0 Å². The largest absolute Gasteiger partial charge is 0.491 e. The van der Waals surface area contributed by atoms with Gasteiger partial charge in [-0.05, 0) is 36.8 Å². The standard InChI is InChI=1S/C18H23NO4S/c1-15-2-8-18(9-3-15)24(20,21)13-12-22-10-11-23-17-6-4-16(14-19)5-7-17/h2-9H,10-14,19H2,1H3. The lowest BCUT2D eigenvalue weighted by atomic mass is 10.2. The highest BCUT2D eigenvalue weighted by molar-refractivity contribution is 7.91. The molecule has 0 spiro atoms. The van der Waals surface area contributed by atoms with Gasteiger partial charge in [0.2, 0.25) is 0 Å². The van der Waals surface area contributed by atoms with Crippen molar-refractivity contribution in [3.05, 3.63) is 59.7 Å². The molecule has 0 bridgehead atoms. The van der Waals surface area contributed by atoms with Crippen molar-refractivity contribution in [2.75, 3.05) is 25.6 Å². The fourth-order valence-corrected chi connectivity index (χ4v) is 3.20. The van der Waals surface area contributed by atoms with E-state index in [1.165, 1.54) is 0 Å². The molecule has 0 heterocycles. The minimum atomic E-state index is -3.30. The molecule has 0 saturated carbocycles. The highest BCUT2D eigenvalue weighted by Gasteiger charge is 2.13. The van der Waals surface area contributed by atoms with Crippen molar-refractivity contribution < 1.29 is 17.9 Å². The zero-order valence-corrected chi connectivity index (χ0v) is 14.6. The minimum Gasteiger partial charge on any atom is -0.491 e. The number of aryl methyl sites for hydroxylation is 1. The van der Waals surface area contributed by atoms with Crippen LogP contribution < -0.4 is 10.5 Å². The summed E-state index contributed by atoms with van der Waals surface area (Å²) in [5.41, 5.74) is 7.60. The van der Waals surface area contributed by atoms with Crippen molar-refractivity contribution >= 4 is 9.84 Å². The van der Waals surface area contributed by atoms with Crippen molar-refractivity contribution in [1.29, 1.82) is 0 Å². The van der Waals surface area contributed by atoms with Gasteiger partial charge in [0.1, 0.15) is 12.4 Å². The first-order valence-electron chi connectivity index (χ1n) is 7.80. The van der Waals surface area contributed by atoms with Crippen molar-refractivity contribution in [3.63, 3.8) is 0 Å². The molecule has 0 aliphatic carbocycles. The molecule has 0 radical (unpaired) electrons. The summed E-state index contributed by atoms with van der Waals surface area (Å²) >= 11 is 0. The third-order valence-electron chi connectivity index (χ3n) is 3.53. The highest BCUT2D eigenvalue weighted by atomic mass is 32.2. The van der Waals surface area contributed by atoms with Crippen LogP contribution in [0, 0.1) is 6.92 Å². The van der Waals surface area contributed by atoms with Crippen LogP contribution in [0.5, 0.6) is 5.75 Å². The molecular formula is C18H23NO4S. The predicted molar refractivity (Wildman–Crippen MR) is 93.9 cm³/mol. The number of ether oxygens (including phenoxy) is 2. The lowest BCUT2D eigenvalue weighted by molar-refractivity contribution is 0.111. The lowest BCUT2D eigenvalue weighted by Gasteiger charge is -2.08. The smallest absolute Gasteiger partial charge is 0.180 e. The van der Waals surface area contributed by atoms with Crippen LogP contribution in [-0.2, 0) is 21.1 Å². The molecule has 6 heteroatoms. The number of hydrogen-bond acceptors (Lipinski definition) is 5. The maximum absolute atomic E-state index is 12.1. The van der Waals surface area contributed by atoms with Crippen LogP contribution in [0.25, 0.3) is 0 Å². The van der Waals surface area contributed by atoms with Crippen LogP contribution in [0.4, 0.5) is 0 Å². The van der Waals surface area contributed by atoms with Crippen molar-refractivity contribution in [3.8, 4) is 5.75 Å². The second-order valence-electron chi connectivity index (χ2n) is 5.44. The number of rotatable bonds is 9. The van der Waals surface area contributed by atoms with Gasteiger partial charge in [-0.2, -0.15) is 0 Å². The maximum Gasteiger partial charge on any atom is 0.180 e. The van der Waals surface area contributed by atoms with Crippen LogP contribution in [0.2, 0.25) is 0 Å². The van der Waals surface area contributed by atoms with E-state index in [2.05, 4.69) is 0 Å². The SMILES string of the molecule is Cc1ccc(S(=O)(=O)CCOCCOc2ccc(CN)cc2)cc1. The normalized spacial score (nSPS) is 11.4. The molecule has 0 aliphatic rings. The Balaban J connectivity index is 1.68. The van der Waals surface area contributed by atoms with Crippen LogP contribution in [-0.4, -0.2) is 34.0 Å². The van der Waals surface area contributed by atoms with Crippen LogP contribution in [0.1, 0.15) is 11.1 Å². The number of nitrogens with two attached hydrogens (primary N) is 1. The molecule has 0 amide bonds. The van der Waals surface area contributed by atoms with Gasteiger partial charge in [-0.1, -0.05) is 29.8 Å². The molecular weight excluding hydrogens is 326 g/mol. The molecule has 130 valence electrons. The lowest BCUT2D eigenvalue weighted by Crippen LogP contribution is -2.15. The summed E-state index contributed by atoms with van der Waals surface area (Å²) in [6, 6.07) is 14.3. The Morgan fingerprint density at radius 3 is 2.21 bits per heavy atom. The summed E-state index contributed by atoms with van der Waals surface area (Å²) in [6.45, 7) is 3.27. The van der Waals surface area contributed by atoms with E-state index in [9.17, 15) is 8.42 Å². The zero-order chi connectivity index (χ0) is 17.4. The molecule has 0 aromatic heterocycles. The zero-order valence-electron chi connectivity index (χ0n) is 13.8. The fourth-order valence-electron chi connectivity index (χ4n) is 2.07. The van der Waals surface area contributed by atoms with Gasteiger partial charge in [0.25, 0.3) is 0 Å². The summed E-state index contributed by atoms with van der Waals surface area (Å²) in [4.78, 5) is 0.327. The highest BCUT2D eigenvalue weighted by Crippen LogP contribution is 2.13. The quantitative estimate of drug-likeness (QED) is 0.703. The molecule has 0 aliphatic heterocycles. The van der Waals surface area contributed by atoms with E-state index in [-0.39, 0.29) is 12.4 Å². The third kappa shape index (κ3) is 5.63. The predicted octanol–water partition coefficient (Wildman–Crippen LogP) is 2.32. The Hall–Kier alpha value is -1.89. The molecule has 2 rings (SSSR count).